The molecule has 1 N–H and O–H groups in total. The maximum Gasteiger partial charge on any atom is 0.124 e. The summed E-state index contributed by atoms with van der Waals surface area (Å²) in [4.78, 5) is 4.55. The van der Waals surface area contributed by atoms with Crippen LogP contribution >= 0.6 is 0 Å². The second kappa shape index (κ2) is 6.28. The summed E-state index contributed by atoms with van der Waals surface area (Å²) in [6, 6.07) is 5.77. The zero-order chi connectivity index (χ0) is 12.8. The number of hydrogen-bond acceptors (Lipinski definition) is 4. The van der Waals surface area contributed by atoms with Crippen molar-refractivity contribution in [2.45, 2.75) is 25.7 Å². The lowest BCUT2D eigenvalue weighted by atomic mass is 10.2. The number of benzene rings is 1. The summed E-state index contributed by atoms with van der Waals surface area (Å²) < 4.78 is 10.5. The van der Waals surface area contributed by atoms with Crippen molar-refractivity contribution < 1.29 is 9.47 Å². The highest BCUT2D eigenvalue weighted by Crippen LogP contribution is 2.26. The zero-order valence-electron chi connectivity index (χ0n) is 11.0. The van der Waals surface area contributed by atoms with Crippen molar-refractivity contribution in [2.75, 3.05) is 26.1 Å². The van der Waals surface area contributed by atoms with Gasteiger partial charge < -0.3 is 14.8 Å². The van der Waals surface area contributed by atoms with E-state index >= 15 is 0 Å². The number of nitrogens with zero attached hydrogens (tertiary/aromatic N) is 1. The predicted octanol–water partition coefficient (Wildman–Crippen LogP) is 3.09. The molecular formula is C14H20N2O2. The Labute approximate surface area is 108 Å². The lowest BCUT2D eigenvalue weighted by molar-refractivity contribution is 0.395. The number of amidine groups is 1. The second-order valence-corrected chi connectivity index (χ2v) is 4.37. The molecule has 0 aromatic heterocycles. The summed E-state index contributed by atoms with van der Waals surface area (Å²) in [6.07, 6.45) is 4.66. The van der Waals surface area contributed by atoms with Crippen LogP contribution in [0.3, 0.4) is 0 Å². The molecule has 1 aromatic carbocycles. The molecule has 0 unspecified atom stereocenters. The first-order valence-corrected chi connectivity index (χ1v) is 6.35. The van der Waals surface area contributed by atoms with E-state index < -0.39 is 0 Å². The molecule has 18 heavy (non-hydrogen) atoms. The molecule has 1 aliphatic rings. The molecule has 2 rings (SSSR count). The number of aliphatic imine (C=N–C) groups is 1. The molecule has 0 radical (unpaired) electrons. The summed E-state index contributed by atoms with van der Waals surface area (Å²) >= 11 is 0. The standard InChI is InChI=1S/C14H20N2O2/c1-17-12-8-11(9-13(10-12)18-2)16-14-6-4-3-5-7-15-14/h8-10H,3-7H2,1-2H3,(H,15,16). The minimum atomic E-state index is 0.783. The molecule has 1 aromatic rings. The number of rotatable bonds is 3. The fourth-order valence-corrected chi connectivity index (χ4v) is 2.02. The largest absolute Gasteiger partial charge is 0.497 e. The van der Waals surface area contributed by atoms with Crippen LogP contribution in [0.2, 0.25) is 0 Å². The monoisotopic (exact) mass is 248 g/mol. The fraction of sp³-hybridized carbons (Fsp3) is 0.500. The lowest BCUT2D eigenvalue weighted by Gasteiger charge is -2.11. The van der Waals surface area contributed by atoms with Crippen molar-refractivity contribution in [1.82, 2.24) is 0 Å². The predicted molar refractivity (Wildman–Crippen MR) is 73.9 cm³/mol. The van der Waals surface area contributed by atoms with Gasteiger partial charge >= 0.3 is 0 Å². The normalized spacial score (nSPS) is 15.6. The van der Waals surface area contributed by atoms with Gasteiger partial charge in [-0.05, 0) is 12.8 Å². The van der Waals surface area contributed by atoms with Gasteiger partial charge in [0.1, 0.15) is 17.3 Å². The van der Waals surface area contributed by atoms with Crippen molar-refractivity contribution in [1.29, 1.82) is 0 Å². The zero-order valence-corrected chi connectivity index (χ0v) is 11.0. The average molecular weight is 248 g/mol. The fourth-order valence-electron chi connectivity index (χ4n) is 2.02. The summed E-state index contributed by atoms with van der Waals surface area (Å²) in [5, 5.41) is 3.36. The van der Waals surface area contributed by atoms with Crippen LogP contribution in [0, 0.1) is 0 Å². The van der Waals surface area contributed by atoms with Gasteiger partial charge in [-0.15, -0.1) is 0 Å². The third-order valence-electron chi connectivity index (χ3n) is 3.01. The van der Waals surface area contributed by atoms with Crippen molar-refractivity contribution in [3.8, 4) is 11.5 Å². The Kier molecular flexibility index (Phi) is 4.45. The minimum absolute atomic E-state index is 0.783. The summed E-state index contributed by atoms with van der Waals surface area (Å²) in [5.41, 5.74) is 0.965. The van der Waals surface area contributed by atoms with E-state index in [9.17, 15) is 0 Å². The van der Waals surface area contributed by atoms with Crippen molar-refractivity contribution in [2.24, 2.45) is 4.99 Å². The smallest absolute Gasteiger partial charge is 0.124 e. The summed E-state index contributed by atoms with van der Waals surface area (Å²) in [5.74, 6) is 2.62. The van der Waals surface area contributed by atoms with Gasteiger partial charge in [-0.3, -0.25) is 4.99 Å². The van der Waals surface area contributed by atoms with Gasteiger partial charge in [0.2, 0.25) is 0 Å². The molecule has 4 heteroatoms. The van der Waals surface area contributed by atoms with E-state index in [0.29, 0.717) is 0 Å². The van der Waals surface area contributed by atoms with E-state index in [1.54, 1.807) is 14.2 Å². The highest BCUT2D eigenvalue weighted by atomic mass is 16.5. The molecule has 0 saturated carbocycles. The van der Waals surface area contributed by atoms with Gasteiger partial charge in [-0.25, -0.2) is 0 Å². The van der Waals surface area contributed by atoms with Gasteiger partial charge in [-0.2, -0.15) is 0 Å². The molecule has 0 amide bonds. The van der Waals surface area contributed by atoms with Gasteiger partial charge in [-0.1, -0.05) is 6.42 Å². The van der Waals surface area contributed by atoms with Crippen LogP contribution < -0.4 is 14.8 Å². The molecule has 4 nitrogen and oxygen atoms in total. The molecule has 98 valence electrons. The molecule has 0 atom stereocenters. The van der Waals surface area contributed by atoms with Crippen LogP contribution in [-0.2, 0) is 0 Å². The van der Waals surface area contributed by atoms with Crippen LogP contribution in [-0.4, -0.2) is 26.6 Å². The number of ether oxygens (including phenoxy) is 2. The van der Waals surface area contributed by atoms with E-state index in [4.69, 9.17) is 9.47 Å². The first-order chi connectivity index (χ1) is 8.81. The first-order valence-electron chi connectivity index (χ1n) is 6.35. The van der Waals surface area contributed by atoms with Gasteiger partial charge in [0.05, 0.1) is 14.2 Å². The SMILES string of the molecule is COc1cc(NC2=NCCCCC2)cc(OC)c1. The number of nitrogens with one attached hydrogen (secondary N) is 1. The highest BCUT2D eigenvalue weighted by molar-refractivity contribution is 5.95. The van der Waals surface area contributed by atoms with Crippen molar-refractivity contribution in [3.05, 3.63) is 18.2 Å². The van der Waals surface area contributed by atoms with E-state index in [0.717, 1.165) is 36.0 Å². The molecule has 0 fully saturated rings. The molecule has 0 saturated heterocycles. The Balaban J connectivity index is 2.14. The Bertz CT molecular complexity index is 408. The van der Waals surface area contributed by atoms with E-state index in [2.05, 4.69) is 10.3 Å². The third-order valence-corrected chi connectivity index (χ3v) is 3.01. The van der Waals surface area contributed by atoms with Crippen molar-refractivity contribution in [3.63, 3.8) is 0 Å². The molecule has 1 heterocycles. The number of hydrogen-bond donors (Lipinski definition) is 1. The molecule has 0 bridgehead atoms. The molecule has 1 aliphatic heterocycles. The Morgan fingerprint density at radius 1 is 1.00 bits per heavy atom. The van der Waals surface area contributed by atoms with Crippen molar-refractivity contribution >= 4 is 11.5 Å². The van der Waals surface area contributed by atoms with Crippen LogP contribution in [0.25, 0.3) is 0 Å². The van der Waals surface area contributed by atoms with Crippen LogP contribution in [0.4, 0.5) is 5.69 Å². The van der Waals surface area contributed by atoms with Crippen LogP contribution in [0.5, 0.6) is 11.5 Å². The molecular weight excluding hydrogens is 228 g/mol. The topological polar surface area (TPSA) is 42.8 Å². The number of anilines is 1. The first kappa shape index (κ1) is 12.7. The molecule has 0 spiro atoms. The van der Waals surface area contributed by atoms with E-state index in [1.165, 1.54) is 19.3 Å². The maximum atomic E-state index is 5.25. The van der Waals surface area contributed by atoms with Crippen LogP contribution in [0.1, 0.15) is 25.7 Å². The van der Waals surface area contributed by atoms with Crippen LogP contribution in [0.15, 0.2) is 23.2 Å². The summed E-state index contributed by atoms with van der Waals surface area (Å²) in [7, 11) is 3.31. The third kappa shape index (κ3) is 3.39. The number of methoxy groups -OCH3 is 2. The summed E-state index contributed by atoms with van der Waals surface area (Å²) in [6.45, 7) is 0.920. The Hall–Kier alpha value is -1.71. The van der Waals surface area contributed by atoms with E-state index in [-0.39, 0.29) is 0 Å². The quantitative estimate of drug-likeness (QED) is 0.893. The minimum Gasteiger partial charge on any atom is -0.497 e. The lowest BCUT2D eigenvalue weighted by Crippen LogP contribution is -2.11. The van der Waals surface area contributed by atoms with Gasteiger partial charge in [0.15, 0.2) is 0 Å². The average Bonchev–Trinajstić information content (AvgIpc) is 2.67. The van der Waals surface area contributed by atoms with Gasteiger partial charge in [0, 0.05) is 36.9 Å². The maximum absolute atomic E-state index is 5.25. The highest BCUT2D eigenvalue weighted by Gasteiger charge is 2.07. The Morgan fingerprint density at radius 3 is 2.39 bits per heavy atom. The van der Waals surface area contributed by atoms with E-state index in [1.807, 2.05) is 18.2 Å². The van der Waals surface area contributed by atoms with Gasteiger partial charge in [0.25, 0.3) is 0 Å². The molecule has 0 aliphatic carbocycles. The second-order valence-electron chi connectivity index (χ2n) is 4.37. The Morgan fingerprint density at radius 2 is 1.72 bits per heavy atom.